The predicted octanol–water partition coefficient (Wildman–Crippen LogP) is 6.47. The highest BCUT2D eigenvalue weighted by Gasteiger charge is 2.23. The Hall–Kier alpha value is -0.690. The topological polar surface area (TPSA) is 0 Å². The van der Waals surface area contributed by atoms with Gasteiger partial charge in [-0.15, -0.1) is 11.6 Å². The van der Waals surface area contributed by atoms with Crippen molar-refractivity contribution in [3.8, 4) is 0 Å². The monoisotopic (exact) mass is 312 g/mol. The first-order valence-electron chi connectivity index (χ1n) is 6.27. The van der Waals surface area contributed by atoms with Crippen LogP contribution >= 0.6 is 34.8 Å². The maximum absolute atomic E-state index is 6.64. The molecule has 0 aromatic heterocycles. The van der Waals surface area contributed by atoms with Crippen LogP contribution in [0.4, 0.5) is 0 Å². The molecule has 0 saturated carbocycles. The van der Waals surface area contributed by atoms with Gasteiger partial charge in [-0.25, -0.2) is 0 Å². The van der Waals surface area contributed by atoms with Crippen molar-refractivity contribution < 1.29 is 0 Å². The van der Waals surface area contributed by atoms with Crippen molar-refractivity contribution in [1.82, 2.24) is 0 Å². The van der Waals surface area contributed by atoms with E-state index in [1.807, 2.05) is 24.3 Å². The normalized spacial score (nSPS) is 14.1. The molecule has 2 rings (SSSR count). The summed E-state index contributed by atoms with van der Waals surface area (Å²) in [6.45, 7) is 2.13. The molecule has 0 amide bonds. The van der Waals surface area contributed by atoms with Crippen molar-refractivity contribution in [2.45, 2.75) is 24.6 Å². The van der Waals surface area contributed by atoms with Gasteiger partial charge in [-0.2, -0.15) is 0 Å². The van der Waals surface area contributed by atoms with Gasteiger partial charge in [0.25, 0.3) is 0 Å². The second-order valence-corrected chi connectivity index (χ2v) is 5.81. The van der Waals surface area contributed by atoms with Gasteiger partial charge in [0.1, 0.15) is 0 Å². The summed E-state index contributed by atoms with van der Waals surface area (Å²) in [5.74, 6) is 0.221. The van der Waals surface area contributed by atoms with Crippen molar-refractivity contribution in [2.75, 3.05) is 0 Å². The summed E-state index contributed by atoms with van der Waals surface area (Å²) >= 11 is 18.9. The molecule has 2 aromatic rings. The minimum atomic E-state index is -0.182. The predicted molar refractivity (Wildman–Crippen MR) is 84.5 cm³/mol. The van der Waals surface area contributed by atoms with Gasteiger partial charge < -0.3 is 0 Å². The van der Waals surface area contributed by atoms with Crippen LogP contribution in [0.25, 0.3) is 0 Å². The van der Waals surface area contributed by atoms with Gasteiger partial charge in [-0.05, 0) is 35.7 Å². The average molecular weight is 314 g/mol. The molecule has 0 N–H and O–H groups in total. The van der Waals surface area contributed by atoms with E-state index in [0.29, 0.717) is 10.0 Å². The molecule has 0 aliphatic carbocycles. The van der Waals surface area contributed by atoms with Gasteiger partial charge in [-0.1, -0.05) is 60.5 Å². The Bertz CT molecular complexity index is 537. The van der Waals surface area contributed by atoms with Crippen LogP contribution in [0.15, 0.2) is 48.5 Å². The Kier molecular flexibility index (Phi) is 5.15. The standard InChI is InChI=1S/C16H15Cl3/c1-2-13(11-6-4-3-5-7-11)16(19)14-10-12(17)8-9-15(14)18/h3-10,13,16H,2H2,1H3. The fourth-order valence-corrected chi connectivity index (χ4v) is 3.23. The molecule has 2 atom stereocenters. The molecule has 0 bridgehead atoms. The van der Waals surface area contributed by atoms with Crippen LogP contribution in [0.5, 0.6) is 0 Å². The van der Waals surface area contributed by atoms with E-state index >= 15 is 0 Å². The van der Waals surface area contributed by atoms with E-state index in [9.17, 15) is 0 Å². The third-order valence-electron chi connectivity index (χ3n) is 3.28. The Balaban J connectivity index is 2.36. The van der Waals surface area contributed by atoms with E-state index in [2.05, 4.69) is 19.1 Å². The molecule has 100 valence electrons. The molecule has 19 heavy (non-hydrogen) atoms. The molecule has 0 nitrogen and oxygen atoms in total. The van der Waals surface area contributed by atoms with Crippen LogP contribution in [-0.2, 0) is 0 Å². The number of benzene rings is 2. The lowest BCUT2D eigenvalue weighted by Crippen LogP contribution is -2.06. The first-order chi connectivity index (χ1) is 9.13. The van der Waals surface area contributed by atoms with Gasteiger partial charge in [-0.3, -0.25) is 0 Å². The van der Waals surface area contributed by atoms with E-state index in [1.165, 1.54) is 5.56 Å². The quantitative estimate of drug-likeness (QED) is 0.568. The summed E-state index contributed by atoms with van der Waals surface area (Å²) in [6, 6.07) is 15.7. The van der Waals surface area contributed by atoms with Crippen LogP contribution in [0.1, 0.15) is 35.8 Å². The zero-order valence-electron chi connectivity index (χ0n) is 10.6. The minimum Gasteiger partial charge on any atom is -0.117 e. The molecule has 0 radical (unpaired) electrons. The number of hydrogen-bond donors (Lipinski definition) is 0. The highest BCUT2D eigenvalue weighted by molar-refractivity contribution is 6.34. The molecule has 0 aliphatic heterocycles. The fourth-order valence-electron chi connectivity index (χ4n) is 2.25. The molecule has 2 aromatic carbocycles. The van der Waals surface area contributed by atoms with E-state index in [1.54, 1.807) is 12.1 Å². The lowest BCUT2D eigenvalue weighted by molar-refractivity contribution is 0.640. The Labute approximate surface area is 129 Å². The minimum absolute atomic E-state index is 0.182. The van der Waals surface area contributed by atoms with E-state index in [0.717, 1.165) is 12.0 Å². The van der Waals surface area contributed by atoms with Gasteiger partial charge in [0, 0.05) is 16.0 Å². The van der Waals surface area contributed by atoms with Gasteiger partial charge >= 0.3 is 0 Å². The van der Waals surface area contributed by atoms with Crippen molar-refractivity contribution in [3.05, 3.63) is 69.7 Å². The van der Waals surface area contributed by atoms with Crippen molar-refractivity contribution in [1.29, 1.82) is 0 Å². The second-order valence-electron chi connectivity index (χ2n) is 4.49. The van der Waals surface area contributed by atoms with Crippen molar-refractivity contribution in [3.63, 3.8) is 0 Å². The summed E-state index contributed by atoms with van der Waals surface area (Å²) in [5, 5.41) is 1.14. The summed E-state index contributed by atoms with van der Waals surface area (Å²) in [4.78, 5) is 0. The second kappa shape index (κ2) is 6.65. The average Bonchev–Trinajstić information content (AvgIpc) is 2.43. The largest absolute Gasteiger partial charge is 0.117 e. The number of rotatable bonds is 4. The molecule has 3 heteroatoms. The van der Waals surface area contributed by atoms with E-state index < -0.39 is 0 Å². The smallest absolute Gasteiger partial charge is 0.0668 e. The zero-order chi connectivity index (χ0) is 13.8. The first-order valence-corrected chi connectivity index (χ1v) is 7.46. The number of alkyl halides is 1. The Morgan fingerprint density at radius 3 is 2.32 bits per heavy atom. The first kappa shape index (κ1) is 14.7. The highest BCUT2D eigenvalue weighted by Crippen LogP contribution is 2.41. The van der Waals surface area contributed by atoms with Gasteiger partial charge in [0.05, 0.1) is 5.38 Å². The molecule has 0 saturated heterocycles. The van der Waals surface area contributed by atoms with Crippen LogP contribution in [0, 0.1) is 0 Å². The van der Waals surface area contributed by atoms with Crippen molar-refractivity contribution >= 4 is 34.8 Å². The lowest BCUT2D eigenvalue weighted by Gasteiger charge is -2.22. The SMILES string of the molecule is CCC(c1ccccc1)C(Cl)c1cc(Cl)ccc1Cl. The lowest BCUT2D eigenvalue weighted by atomic mass is 9.89. The van der Waals surface area contributed by atoms with Crippen LogP contribution in [0.3, 0.4) is 0 Å². The summed E-state index contributed by atoms with van der Waals surface area (Å²) in [7, 11) is 0. The van der Waals surface area contributed by atoms with Crippen LogP contribution in [-0.4, -0.2) is 0 Å². The van der Waals surface area contributed by atoms with Crippen LogP contribution in [0.2, 0.25) is 10.0 Å². The van der Waals surface area contributed by atoms with Crippen molar-refractivity contribution in [2.24, 2.45) is 0 Å². The van der Waals surface area contributed by atoms with Gasteiger partial charge in [0.2, 0.25) is 0 Å². The molecular formula is C16H15Cl3. The van der Waals surface area contributed by atoms with E-state index in [-0.39, 0.29) is 11.3 Å². The van der Waals surface area contributed by atoms with Gasteiger partial charge in [0.15, 0.2) is 0 Å². The maximum atomic E-state index is 6.64. The molecular weight excluding hydrogens is 299 g/mol. The summed E-state index contributed by atoms with van der Waals surface area (Å²) < 4.78 is 0. The third-order valence-corrected chi connectivity index (χ3v) is 4.39. The molecule has 0 heterocycles. The zero-order valence-corrected chi connectivity index (χ0v) is 12.9. The molecule has 0 aliphatic rings. The maximum Gasteiger partial charge on any atom is 0.0668 e. The molecule has 2 unspecified atom stereocenters. The summed E-state index contributed by atoms with van der Waals surface area (Å²) in [6.07, 6.45) is 0.945. The Morgan fingerprint density at radius 1 is 1.00 bits per heavy atom. The molecule has 0 fully saturated rings. The van der Waals surface area contributed by atoms with Crippen LogP contribution < -0.4 is 0 Å². The highest BCUT2D eigenvalue weighted by atomic mass is 35.5. The number of halogens is 3. The van der Waals surface area contributed by atoms with E-state index in [4.69, 9.17) is 34.8 Å². The Morgan fingerprint density at radius 2 is 1.68 bits per heavy atom. The fraction of sp³-hybridized carbons (Fsp3) is 0.250. The summed E-state index contributed by atoms with van der Waals surface area (Å²) in [5.41, 5.74) is 2.12. The molecule has 0 spiro atoms. The third kappa shape index (κ3) is 3.45. The number of hydrogen-bond acceptors (Lipinski definition) is 0.